The predicted molar refractivity (Wildman–Crippen MR) is 122 cm³/mol. The Morgan fingerprint density at radius 2 is 1.65 bits per heavy atom. The quantitative estimate of drug-likeness (QED) is 0.431. The minimum Gasteiger partial charge on any atom is -0.425 e. The Balaban J connectivity index is 1.97. The molecule has 0 saturated heterocycles. The predicted octanol–water partition coefficient (Wildman–Crippen LogP) is 4.54. The maximum Gasteiger partial charge on any atom is 0.332 e. The third kappa shape index (κ3) is 3.84. The minimum atomic E-state index is -0.488. The second-order valence-electron chi connectivity index (χ2n) is 7.11. The van der Waals surface area contributed by atoms with Gasteiger partial charge in [0.2, 0.25) is 0 Å². The topological polar surface area (TPSA) is 71.1 Å². The molecule has 0 aliphatic heterocycles. The van der Waals surface area contributed by atoms with Gasteiger partial charge >= 0.3 is 11.7 Å². The van der Waals surface area contributed by atoms with Gasteiger partial charge in [-0.2, -0.15) is 4.98 Å². The Hall–Kier alpha value is -2.74. The second kappa shape index (κ2) is 8.07. The normalized spacial score (nSPS) is 11.3. The number of rotatable bonds is 4. The van der Waals surface area contributed by atoms with Gasteiger partial charge in [0, 0.05) is 29.2 Å². The van der Waals surface area contributed by atoms with Crippen LogP contribution < -0.4 is 16.0 Å². The van der Waals surface area contributed by atoms with Gasteiger partial charge in [-0.1, -0.05) is 40.9 Å². The van der Waals surface area contributed by atoms with Crippen molar-refractivity contribution in [1.29, 1.82) is 0 Å². The van der Waals surface area contributed by atoms with E-state index in [9.17, 15) is 9.59 Å². The van der Waals surface area contributed by atoms with Gasteiger partial charge < -0.3 is 4.74 Å². The van der Waals surface area contributed by atoms with Gasteiger partial charge in [0.15, 0.2) is 11.2 Å². The van der Waals surface area contributed by atoms with Crippen molar-refractivity contribution in [2.45, 2.75) is 13.5 Å². The lowest BCUT2D eigenvalue weighted by Gasteiger charge is -2.12. The second-order valence-corrected chi connectivity index (χ2v) is 8.39. The van der Waals surface area contributed by atoms with Crippen molar-refractivity contribution in [2.24, 2.45) is 14.1 Å². The molecule has 0 aliphatic carbocycles. The molecule has 160 valence electrons. The first-order valence-electron chi connectivity index (χ1n) is 9.21. The van der Waals surface area contributed by atoms with Gasteiger partial charge in [0.1, 0.15) is 5.75 Å². The molecular weight excluding hydrogens is 463 g/mol. The van der Waals surface area contributed by atoms with Crippen molar-refractivity contribution >= 4 is 46.0 Å². The number of hydrogen-bond donors (Lipinski definition) is 0. The average Bonchev–Trinajstić information content (AvgIpc) is 3.07. The van der Waals surface area contributed by atoms with Crippen LogP contribution >= 0.6 is 34.8 Å². The standard InChI is InChI=1S/C21H17Cl3N4O3/c1-11-8-13(22)6-7-16(11)31-20-25-18-17(19(29)27(3)21(30)26(18)2)28(20)10-12-4-5-14(23)9-15(12)24/h4-9H,10H2,1-3H3. The molecule has 4 aromatic rings. The van der Waals surface area contributed by atoms with Crippen molar-refractivity contribution in [3.8, 4) is 11.8 Å². The molecular formula is C21H17Cl3N4O3. The Morgan fingerprint density at radius 1 is 0.968 bits per heavy atom. The maximum absolute atomic E-state index is 13.0. The van der Waals surface area contributed by atoms with Crippen LogP contribution in [0.3, 0.4) is 0 Å². The first-order valence-corrected chi connectivity index (χ1v) is 10.3. The first kappa shape index (κ1) is 21.5. The number of hydrogen-bond acceptors (Lipinski definition) is 4. The van der Waals surface area contributed by atoms with E-state index in [2.05, 4.69) is 4.98 Å². The van der Waals surface area contributed by atoms with Crippen molar-refractivity contribution in [1.82, 2.24) is 18.7 Å². The Kier molecular flexibility index (Phi) is 5.60. The molecule has 0 amide bonds. The van der Waals surface area contributed by atoms with E-state index in [1.165, 1.54) is 11.6 Å². The fourth-order valence-corrected chi connectivity index (χ4v) is 3.99. The zero-order valence-corrected chi connectivity index (χ0v) is 19.1. The van der Waals surface area contributed by atoms with E-state index in [0.717, 1.165) is 10.1 Å². The van der Waals surface area contributed by atoms with E-state index >= 15 is 0 Å². The van der Waals surface area contributed by atoms with Crippen LogP contribution in [0, 0.1) is 6.92 Å². The summed E-state index contributed by atoms with van der Waals surface area (Å²) in [6.07, 6.45) is 0. The van der Waals surface area contributed by atoms with Crippen molar-refractivity contribution in [2.75, 3.05) is 0 Å². The van der Waals surface area contributed by atoms with Crippen LogP contribution in [0.1, 0.15) is 11.1 Å². The van der Waals surface area contributed by atoms with Crippen LogP contribution in [0.25, 0.3) is 11.2 Å². The van der Waals surface area contributed by atoms with Gasteiger partial charge in [0.25, 0.3) is 5.56 Å². The minimum absolute atomic E-state index is 0.143. The van der Waals surface area contributed by atoms with E-state index in [1.54, 1.807) is 48.0 Å². The molecule has 7 nitrogen and oxygen atoms in total. The lowest BCUT2D eigenvalue weighted by Crippen LogP contribution is -2.37. The highest BCUT2D eigenvalue weighted by atomic mass is 35.5. The zero-order valence-electron chi connectivity index (χ0n) is 16.8. The molecule has 31 heavy (non-hydrogen) atoms. The molecule has 0 bridgehead atoms. The summed E-state index contributed by atoms with van der Waals surface area (Å²) < 4.78 is 10.00. The molecule has 0 fully saturated rings. The summed E-state index contributed by atoms with van der Waals surface area (Å²) in [6, 6.07) is 10.4. The highest BCUT2D eigenvalue weighted by Gasteiger charge is 2.22. The van der Waals surface area contributed by atoms with E-state index in [1.807, 2.05) is 6.92 Å². The molecule has 0 aliphatic rings. The lowest BCUT2D eigenvalue weighted by molar-refractivity contribution is 0.418. The van der Waals surface area contributed by atoms with E-state index in [-0.39, 0.29) is 23.7 Å². The number of aryl methyl sites for hydroxylation is 2. The number of fused-ring (bicyclic) bond motifs is 1. The molecule has 2 heterocycles. The molecule has 0 saturated carbocycles. The maximum atomic E-state index is 13.0. The fraction of sp³-hybridized carbons (Fsp3) is 0.190. The third-order valence-electron chi connectivity index (χ3n) is 4.99. The Labute approximate surface area is 192 Å². The summed E-state index contributed by atoms with van der Waals surface area (Å²) in [5.74, 6) is 0.519. The first-order chi connectivity index (χ1) is 14.7. The summed E-state index contributed by atoms with van der Waals surface area (Å²) in [7, 11) is 2.97. The van der Waals surface area contributed by atoms with E-state index < -0.39 is 11.2 Å². The van der Waals surface area contributed by atoms with Gasteiger partial charge in [-0.15, -0.1) is 0 Å². The smallest absolute Gasteiger partial charge is 0.332 e. The number of ether oxygens (including phenoxy) is 1. The number of imidazole rings is 1. The molecule has 2 aromatic carbocycles. The van der Waals surface area contributed by atoms with Crippen LogP contribution in [0.5, 0.6) is 11.8 Å². The molecule has 4 rings (SSSR count). The summed E-state index contributed by atoms with van der Waals surface area (Å²) >= 11 is 18.4. The third-order valence-corrected chi connectivity index (χ3v) is 5.82. The van der Waals surface area contributed by atoms with Crippen LogP contribution in [0.4, 0.5) is 0 Å². The Bertz CT molecular complexity index is 1450. The van der Waals surface area contributed by atoms with Gasteiger partial charge in [-0.3, -0.25) is 18.5 Å². The van der Waals surface area contributed by atoms with Crippen LogP contribution in [-0.2, 0) is 20.6 Å². The van der Waals surface area contributed by atoms with Gasteiger partial charge in [-0.25, -0.2) is 4.79 Å². The number of halogens is 3. The molecule has 0 atom stereocenters. The van der Waals surface area contributed by atoms with Gasteiger partial charge in [0.05, 0.1) is 6.54 Å². The van der Waals surface area contributed by atoms with Crippen molar-refractivity contribution in [3.05, 3.63) is 83.4 Å². The molecule has 0 spiro atoms. The monoisotopic (exact) mass is 478 g/mol. The van der Waals surface area contributed by atoms with Crippen molar-refractivity contribution < 1.29 is 4.74 Å². The largest absolute Gasteiger partial charge is 0.425 e. The summed E-state index contributed by atoms with van der Waals surface area (Å²) in [5.41, 5.74) is 0.952. The summed E-state index contributed by atoms with van der Waals surface area (Å²) in [4.78, 5) is 29.9. The molecule has 0 N–H and O–H groups in total. The van der Waals surface area contributed by atoms with E-state index in [0.29, 0.717) is 26.4 Å². The SMILES string of the molecule is Cc1cc(Cl)ccc1Oc1nc2c(c(=O)n(C)c(=O)n2C)n1Cc1ccc(Cl)cc1Cl. The molecule has 2 aromatic heterocycles. The van der Waals surface area contributed by atoms with Crippen LogP contribution in [0.15, 0.2) is 46.0 Å². The molecule has 10 heteroatoms. The fourth-order valence-electron chi connectivity index (χ4n) is 3.30. The number of benzene rings is 2. The van der Waals surface area contributed by atoms with Crippen LogP contribution in [-0.4, -0.2) is 18.7 Å². The highest BCUT2D eigenvalue weighted by molar-refractivity contribution is 6.35. The summed E-state index contributed by atoms with van der Waals surface area (Å²) in [6.45, 7) is 2.03. The Morgan fingerprint density at radius 3 is 2.32 bits per heavy atom. The highest BCUT2D eigenvalue weighted by Crippen LogP contribution is 2.30. The zero-order chi connectivity index (χ0) is 22.4. The van der Waals surface area contributed by atoms with Gasteiger partial charge in [-0.05, 0) is 48.4 Å². The number of nitrogens with zero attached hydrogens (tertiary/aromatic N) is 4. The summed E-state index contributed by atoms with van der Waals surface area (Å²) in [5, 5.41) is 1.50. The van der Waals surface area contributed by atoms with Crippen LogP contribution in [0.2, 0.25) is 15.1 Å². The lowest BCUT2D eigenvalue weighted by atomic mass is 10.2. The molecule has 0 unspecified atom stereocenters. The number of aromatic nitrogens is 4. The van der Waals surface area contributed by atoms with E-state index in [4.69, 9.17) is 39.5 Å². The van der Waals surface area contributed by atoms with Crippen molar-refractivity contribution in [3.63, 3.8) is 0 Å². The molecule has 0 radical (unpaired) electrons. The average molecular weight is 480 g/mol.